The van der Waals surface area contributed by atoms with E-state index < -0.39 is 0 Å². The Hall–Kier alpha value is -3.26. The van der Waals surface area contributed by atoms with Crippen LogP contribution in [0.2, 0.25) is 0 Å². The van der Waals surface area contributed by atoms with Gasteiger partial charge in [-0.15, -0.1) is 0 Å². The van der Waals surface area contributed by atoms with Crippen molar-refractivity contribution in [1.29, 1.82) is 0 Å². The number of hydrogen-bond donors (Lipinski definition) is 1. The number of Topliss-reactive ketones (excluding diaryl/α,β-unsaturated/α-hetero) is 1. The van der Waals surface area contributed by atoms with E-state index in [0.29, 0.717) is 28.0 Å². The van der Waals surface area contributed by atoms with Gasteiger partial charge in [-0.25, -0.2) is 0 Å². The lowest BCUT2D eigenvalue weighted by Gasteiger charge is -2.11. The summed E-state index contributed by atoms with van der Waals surface area (Å²) in [6.07, 6.45) is 0. The number of methoxy groups -OCH3 is 1. The van der Waals surface area contributed by atoms with E-state index in [-0.39, 0.29) is 18.3 Å². The molecule has 1 aromatic heterocycles. The number of ketones is 1. The van der Waals surface area contributed by atoms with Crippen LogP contribution in [0.1, 0.15) is 17.3 Å². The van der Waals surface area contributed by atoms with E-state index in [1.807, 2.05) is 30.3 Å². The van der Waals surface area contributed by atoms with Crippen LogP contribution in [0.15, 0.2) is 48.5 Å². The Kier molecular flexibility index (Phi) is 5.77. The zero-order valence-corrected chi connectivity index (χ0v) is 15.6. The third-order valence-electron chi connectivity index (χ3n) is 3.63. The van der Waals surface area contributed by atoms with Crippen molar-refractivity contribution in [2.45, 2.75) is 6.92 Å². The van der Waals surface area contributed by atoms with Gasteiger partial charge in [-0.3, -0.25) is 14.9 Å². The Morgan fingerprint density at radius 1 is 1.11 bits per heavy atom. The van der Waals surface area contributed by atoms with Gasteiger partial charge in [0.15, 0.2) is 29.7 Å². The van der Waals surface area contributed by atoms with Gasteiger partial charge in [0.1, 0.15) is 0 Å². The predicted molar refractivity (Wildman–Crippen MR) is 102 cm³/mol. The highest BCUT2D eigenvalue weighted by molar-refractivity contribution is 7.10. The van der Waals surface area contributed by atoms with Crippen LogP contribution in [0.5, 0.6) is 11.5 Å². The molecule has 1 amide bonds. The van der Waals surface area contributed by atoms with Crippen LogP contribution in [0.3, 0.4) is 0 Å². The number of rotatable bonds is 7. The third-order valence-corrected chi connectivity index (χ3v) is 4.26. The summed E-state index contributed by atoms with van der Waals surface area (Å²) in [6.45, 7) is 1.24. The number of benzene rings is 2. The van der Waals surface area contributed by atoms with E-state index in [2.05, 4.69) is 14.7 Å². The molecule has 2 aromatic carbocycles. The lowest BCUT2D eigenvalue weighted by Crippen LogP contribution is -2.20. The SMILES string of the molecule is COc1cc(C(C)=O)ccc1OCC(=O)Nc1nc(-c2ccccc2)ns1. The van der Waals surface area contributed by atoms with Gasteiger partial charge >= 0.3 is 0 Å². The number of amides is 1. The Morgan fingerprint density at radius 3 is 2.59 bits per heavy atom. The van der Waals surface area contributed by atoms with Crippen LogP contribution < -0.4 is 14.8 Å². The second kappa shape index (κ2) is 8.41. The average molecular weight is 383 g/mol. The number of hydrogen-bond acceptors (Lipinski definition) is 7. The topological polar surface area (TPSA) is 90.4 Å². The largest absolute Gasteiger partial charge is 0.493 e. The number of carbonyl (C=O) groups excluding carboxylic acids is 2. The number of carbonyl (C=O) groups is 2. The highest BCUT2D eigenvalue weighted by Crippen LogP contribution is 2.28. The minimum Gasteiger partial charge on any atom is -0.493 e. The summed E-state index contributed by atoms with van der Waals surface area (Å²) in [5.74, 6) is 0.863. The zero-order chi connectivity index (χ0) is 19.2. The molecule has 1 heterocycles. The number of aromatic nitrogens is 2. The number of ether oxygens (including phenoxy) is 2. The van der Waals surface area contributed by atoms with Crippen molar-refractivity contribution < 1.29 is 19.1 Å². The molecule has 3 rings (SSSR count). The van der Waals surface area contributed by atoms with Crippen LogP contribution in [0.25, 0.3) is 11.4 Å². The van der Waals surface area contributed by atoms with Crippen molar-refractivity contribution in [1.82, 2.24) is 9.36 Å². The van der Waals surface area contributed by atoms with E-state index in [1.165, 1.54) is 14.0 Å². The van der Waals surface area contributed by atoms with Gasteiger partial charge in [-0.1, -0.05) is 30.3 Å². The molecule has 0 radical (unpaired) electrons. The second-order valence-corrected chi connectivity index (χ2v) is 6.30. The van der Waals surface area contributed by atoms with Gasteiger partial charge in [0.05, 0.1) is 7.11 Å². The summed E-state index contributed by atoms with van der Waals surface area (Å²) in [7, 11) is 1.47. The average Bonchev–Trinajstić information content (AvgIpc) is 3.15. The summed E-state index contributed by atoms with van der Waals surface area (Å²) in [5, 5.41) is 3.05. The quantitative estimate of drug-likeness (QED) is 0.629. The highest BCUT2D eigenvalue weighted by Gasteiger charge is 2.13. The second-order valence-electron chi connectivity index (χ2n) is 5.55. The predicted octanol–water partition coefficient (Wildman–Crippen LogP) is 3.43. The van der Waals surface area contributed by atoms with Crippen LogP contribution in [-0.4, -0.2) is 34.8 Å². The van der Waals surface area contributed by atoms with Crippen molar-refractivity contribution in [3.8, 4) is 22.9 Å². The lowest BCUT2D eigenvalue weighted by atomic mass is 10.1. The summed E-state index contributed by atoms with van der Waals surface area (Å²) >= 11 is 1.10. The monoisotopic (exact) mass is 383 g/mol. The maximum absolute atomic E-state index is 12.1. The maximum Gasteiger partial charge on any atom is 0.264 e. The molecule has 0 spiro atoms. The molecule has 0 aliphatic heterocycles. The summed E-state index contributed by atoms with van der Waals surface area (Å²) in [4.78, 5) is 27.8. The number of anilines is 1. The molecule has 0 atom stereocenters. The van der Waals surface area contributed by atoms with Crippen molar-refractivity contribution in [3.05, 3.63) is 54.1 Å². The first-order chi connectivity index (χ1) is 13.1. The lowest BCUT2D eigenvalue weighted by molar-refractivity contribution is -0.118. The summed E-state index contributed by atoms with van der Waals surface area (Å²) in [5.41, 5.74) is 1.38. The van der Waals surface area contributed by atoms with Gasteiger partial charge in [0.25, 0.3) is 5.91 Å². The fourth-order valence-electron chi connectivity index (χ4n) is 2.28. The van der Waals surface area contributed by atoms with E-state index >= 15 is 0 Å². The maximum atomic E-state index is 12.1. The minimum absolute atomic E-state index is 0.0805. The standard InChI is InChI=1S/C19H17N3O4S/c1-12(23)14-8-9-15(16(10-14)25-2)26-11-17(24)20-19-21-18(22-27-19)13-6-4-3-5-7-13/h3-10H,11H2,1-2H3,(H,20,21,22,24). The molecule has 7 nitrogen and oxygen atoms in total. The van der Waals surface area contributed by atoms with Crippen molar-refractivity contribution in [3.63, 3.8) is 0 Å². The Morgan fingerprint density at radius 2 is 1.89 bits per heavy atom. The number of nitrogens with one attached hydrogen (secondary N) is 1. The van der Waals surface area contributed by atoms with Crippen LogP contribution >= 0.6 is 11.5 Å². The molecule has 0 fully saturated rings. The normalized spacial score (nSPS) is 10.3. The van der Waals surface area contributed by atoms with E-state index in [1.54, 1.807) is 18.2 Å². The van der Waals surface area contributed by atoms with Gasteiger partial charge in [0.2, 0.25) is 5.13 Å². The number of nitrogens with zero attached hydrogens (tertiary/aromatic N) is 2. The molecular weight excluding hydrogens is 366 g/mol. The zero-order valence-electron chi connectivity index (χ0n) is 14.8. The first-order valence-electron chi connectivity index (χ1n) is 8.07. The van der Waals surface area contributed by atoms with Crippen LogP contribution in [0, 0.1) is 0 Å². The van der Waals surface area contributed by atoms with Crippen LogP contribution in [-0.2, 0) is 4.79 Å². The van der Waals surface area contributed by atoms with Gasteiger partial charge in [-0.05, 0) is 25.1 Å². The molecule has 27 heavy (non-hydrogen) atoms. The molecule has 0 unspecified atom stereocenters. The van der Waals surface area contributed by atoms with Crippen LogP contribution in [0.4, 0.5) is 5.13 Å². The molecule has 0 saturated carbocycles. The fourth-order valence-corrected chi connectivity index (χ4v) is 2.89. The van der Waals surface area contributed by atoms with Gasteiger partial charge < -0.3 is 9.47 Å². The van der Waals surface area contributed by atoms with Gasteiger partial charge in [0, 0.05) is 22.7 Å². The third kappa shape index (κ3) is 4.68. The first kappa shape index (κ1) is 18.5. The smallest absolute Gasteiger partial charge is 0.264 e. The van der Waals surface area contributed by atoms with Crippen molar-refractivity contribution in [2.75, 3.05) is 19.0 Å². The Balaban J connectivity index is 1.60. The molecule has 138 valence electrons. The summed E-state index contributed by atoms with van der Waals surface area (Å²) < 4.78 is 14.9. The van der Waals surface area contributed by atoms with E-state index in [9.17, 15) is 9.59 Å². The Labute approximate surface area is 160 Å². The molecule has 1 N–H and O–H groups in total. The molecular formula is C19H17N3O4S. The highest BCUT2D eigenvalue weighted by atomic mass is 32.1. The fraction of sp³-hybridized carbons (Fsp3) is 0.158. The molecule has 0 aliphatic rings. The van der Waals surface area contributed by atoms with E-state index in [4.69, 9.17) is 9.47 Å². The minimum atomic E-state index is -0.372. The van der Waals surface area contributed by atoms with E-state index in [0.717, 1.165) is 17.1 Å². The molecule has 3 aromatic rings. The Bertz CT molecular complexity index is 957. The summed E-state index contributed by atoms with van der Waals surface area (Å²) in [6, 6.07) is 14.3. The van der Waals surface area contributed by atoms with Gasteiger partial charge in [-0.2, -0.15) is 9.36 Å². The molecule has 0 aliphatic carbocycles. The molecule has 8 heteroatoms. The first-order valence-corrected chi connectivity index (χ1v) is 8.85. The molecule has 0 saturated heterocycles. The molecule has 0 bridgehead atoms. The van der Waals surface area contributed by atoms with Crippen molar-refractivity contribution in [2.24, 2.45) is 0 Å². The van der Waals surface area contributed by atoms with Crippen molar-refractivity contribution >= 4 is 28.4 Å².